The smallest absolute Gasteiger partial charge is 0.0184 e. The van der Waals surface area contributed by atoms with Crippen LogP contribution < -0.4 is 0 Å². The summed E-state index contributed by atoms with van der Waals surface area (Å²) in [7, 11) is 0. The molecule has 0 N–H and O–H groups in total. The molecule has 0 aliphatic rings. The Bertz CT molecular complexity index is 236. The Kier molecular flexibility index (Phi) is 3.95. The fourth-order valence-corrected chi connectivity index (χ4v) is 1.51. The fraction of sp³-hybridized carbons (Fsp3) is 0.182. The third kappa shape index (κ3) is 2.74. The average Bonchev–Trinajstić information content (AvgIpc) is 2.15. The van der Waals surface area contributed by atoms with Gasteiger partial charge in [0.1, 0.15) is 0 Å². The molecule has 1 aromatic carbocycles. The molecule has 1 aromatic rings. The van der Waals surface area contributed by atoms with Gasteiger partial charge in [0, 0.05) is 5.75 Å². The summed E-state index contributed by atoms with van der Waals surface area (Å²) in [5.74, 6) is 1.99. The largest absolute Gasteiger partial charge is 0.157 e. The van der Waals surface area contributed by atoms with Gasteiger partial charge in [0.15, 0.2) is 0 Å². The Hall–Kier alpha value is -0.690. The molecular formula is C11H13S. The van der Waals surface area contributed by atoms with Crippen molar-refractivity contribution in [3.63, 3.8) is 0 Å². The molecule has 0 fully saturated rings. The Morgan fingerprint density at radius 2 is 1.92 bits per heavy atom. The van der Waals surface area contributed by atoms with Crippen molar-refractivity contribution in [1.82, 2.24) is 0 Å². The van der Waals surface area contributed by atoms with Crippen LogP contribution in [0.4, 0.5) is 0 Å². The number of hydrogen-bond acceptors (Lipinski definition) is 1. The first kappa shape index (κ1) is 9.40. The molecule has 1 radical (unpaired) electrons. The van der Waals surface area contributed by atoms with Crippen LogP contribution in [0.1, 0.15) is 11.1 Å². The maximum atomic E-state index is 3.78. The van der Waals surface area contributed by atoms with E-state index < -0.39 is 0 Å². The van der Waals surface area contributed by atoms with Crippen LogP contribution in [-0.2, 0) is 5.75 Å². The predicted octanol–water partition coefficient (Wildman–Crippen LogP) is 3.40. The first-order valence-electron chi connectivity index (χ1n) is 3.95. The molecule has 0 atom stereocenters. The predicted molar refractivity (Wildman–Crippen MR) is 58.1 cm³/mol. The molecule has 0 heterocycles. The maximum absolute atomic E-state index is 3.78. The van der Waals surface area contributed by atoms with E-state index in [0.717, 1.165) is 11.5 Å². The highest BCUT2D eigenvalue weighted by Crippen LogP contribution is 2.12. The topological polar surface area (TPSA) is 0 Å². The number of thioether (sulfide) groups is 1. The summed E-state index contributed by atoms with van der Waals surface area (Å²) in [5, 5.41) is 0. The van der Waals surface area contributed by atoms with Crippen LogP contribution in [0.3, 0.4) is 0 Å². The van der Waals surface area contributed by atoms with E-state index in [-0.39, 0.29) is 0 Å². The summed E-state index contributed by atoms with van der Waals surface area (Å²) in [6.07, 6.45) is 1.86. The number of rotatable bonds is 4. The summed E-state index contributed by atoms with van der Waals surface area (Å²) in [6.45, 7) is 7.49. The Labute approximate surface area is 78.7 Å². The van der Waals surface area contributed by atoms with E-state index in [1.165, 1.54) is 11.1 Å². The van der Waals surface area contributed by atoms with Gasteiger partial charge in [0.25, 0.3) is 0 Å². The van der Waals surface area contributed by atoms with Crippen LogP contribution >= 0.6 is 11.8 Å². The van der Waals surface area contributed by atoms with Gasteiger partial charge in [0.05, 0.1) is 0 Å². The lowest BCUT2D eigenvalue weighted by Crippen LogP contribution is -1.80. The molecule has 1 heteroatoms. The van der Waals surface area contributed by atoms with E-state index in [0.29, 0.717) is 0 Å². The van der Waals surface area contributed by atoms with Gasteiger partial charge in [-0.05, 0) is 23.8 Å². The SMILES string of the molecule is [CH2]CSCc1ccc(C=C)cc1. The Balaban J connectivity index is 2.58. The van der Waals surface area contributed by atoms with E-state index in [1.54, 1.807) is 0 Å². The summed E-state index contributed by atoms with van der Waals surface area (Å²) in [4.78, 5) is 0. The van der Waals surface area contributed by atoms with Crippen LogP contribution in [0.15, 0.2) is 30.8 Å². The summed E-state index contributed by atoms with van der Waals surface area (Å²) in [6, 6.07) is 8.46. The van der Waals surface area contributed by atoms with Gasteiger partial charge in [-0.3, -0.25) is 0 Å². The minimum absolute atomic E-state index is 0.934. The quantitative estimate of drug-likeness (QED) is 0.679. The highest BCUT2D eigenvalue weighted by atomic mass is 32.2. The van der Waals surface area contributed by atoms with Gasteiger partial charge in [-0.1, -0.05) is 36.9 Å². The van der Waals surface area contributed by atoms with Crippen molar-refractivity contribution < 1.29 is 0 Å². The third-order valence-corrected chi connectivity index (χ3v) is 2.45. The number of hydrogen-bond donors (Lipinski definition) is 0. The zero-order chi connectivity index (χ0) is 8.81. The monoisotopic (exact) mass is 177 g/mol. The van der Waals surface area contributed by atoms with E-state index in [1.807, 2.05) is 17.8 Å². The molecule has 12 heavy (non-hydrogen) atoms. The van der Waals surface area contributed by atoms with Gasteiger partial charge < -0.3 is 0 Å². The maximum Gasteiger partial charge on any atom is 0.0184 e. The van der Waals surface area contributed by atoms with Gasteiger partial charge in [-0.15, -0.1) is 0 Å². The minimum atomic E-state index is 0.934. The second kappa shape index (κ2) is 5.04. The minimum Gasteiger partial charge on any atom is -0.157 e. The highest BCUT2D eigenvalue weighted by Gasteiger charge is 1.91. The van der Waals surface area contributed by atoms with Gasteiger partial charge in [-0.2, -0.15) is 11.8 Å². The summed E-state index contributed by atoms with van der Waals surface area (Å²) in [5.41, 5.74) is 2.53. The normalized spacial score (nSPS) is 9.75. The van der Waals surface area contributed by atoms with Crippen molar-refractivity contribution >= 4 is 17.8 Å². The summed E-state index contributed by atoms with van der Waals surface area (Å²) < 4.78 is 0. The molecule has 0 spiro atoms. The first-order chi connectivity index (χ1) is 5.86. The molecule has 0 aliphatic heterocycles. The fourth-order valence-electron chi connectivity index (χ4n) is 0.940. The Morgan fingerprint density at radius 1 is 1.25 bits per heavy atom. The van der Waals surface area contributed by atoms with Crippen molar-refractivity contribution in [2.24, 2.45) is 0 Å². The van der Waals surface area contributed by atoms with E-state index in [9.17, 15) is 0 Å². The molecule has 0 saturated carbocycles. The average molecular weight is 177 g/mol. The number of benzene rings is 1. The standard InChI is InChI=1S/C11H13S/c1-3-10-5-7-11(8-6-10)9-12-4-2/h3,5-8H,1-2,4,9H2. The van der Waals surface area contributed by atoms with E-state index >= 15 is 0 Å². The first-order valence-corrected chi connectivity index (χ1v) is 5.10. The molecule has 0 aliphatic carbocycles. The van der Waals surface area contributed by atoms with Crippen molar-refractivity contribution in [3.8, 4) is 0 Å². The lowest BCUT2D eigenvalue weighted by molar-refractivity contribution is 1.41. The zero-order valence-electron chi connectivity index (χ0n) is 7.12. The third-order valence-electron chi connectivity index (χ3n) is 1.63. The van der Waals surface area contributed by atoms with E-state index in [2.05, 4.69) is 37.8 Å². The molecule has 0 saturated heterocycles. The van der Waals surface area contributed by atoms with Gasteiger partial charge >= 0.3 is 0 Å². The van der Waals surface area contributed by atoms with Crippen molar-refractivity contribution in [2.75, 3.05) is 5.75 Å². The molecule has 1 rings (SSSR count). The van der Waals surface area contributed by atoms with Crippen molar-refractivity contribution in [1.29, 1.82) is 0 Å². The second-order valence-corrected chi connectivity index (χ2v) is 3.60. The van der Waals surface area contributed by atoms with Crippen LogP contribution in [0.5, 0.6) is 0 Å². The van der Waals surface area contributed by atoms with Crippen LogP contribution in [0.25, 0.3) is 6.08 Å². The lowest BCUT2D eigenvalue weighted by Gasteiger charge is -1.99. The molecule has 0 aromatic heterocycles. The molecule has 63 valence electrons. The van der Waals surface area contributed by atoms with Crippen LogP contribution in [0.2, 0.25) is 0 Å². The molecule has 0 nitrogen and oxygen atoms in total. The lowest BCUT2D eigenvalue weighted by atomic mass is 10.1. The van der Waals surface area contributed by atoms with E-state index in [4.69, 9.17) is 0 Å². The molecule has 0 bridgehead atoms. The van der Waals surface area contributed by atoms with Gasteiger partial charge in [0.2, 0.25) is 0 Å². The molecule has 0 unspecified atom stereocenters. The summed E-state index contributed by atoms with van der Waals surface area (Å²) >= 11 is 1.84. The zero-order valence-corrected chi connectivity index (χ0v) is 7.94. The molecular weight excluding hydrogens is 164 g/mol. The van der Waals surface area contributed by atoms with Gasteiger partial charge in [-0.25, -0.2) is 0 Å². The highest BCUT2D eigenvalue weighted by molar-refractivity contribution is 7.98. The van der Waals surface area contributed by atoms with Crippen LogP contribution in [0, 0.1) is 6.92 Å². The molecule has 0 amide bonds. The van der Waals surface area contributed by atoms with Crippen LogP contribution in [-0.4, -0.2) is 5.75 Å². The van der Waals surface area contributed by atoms with Crippen molar-refractivity contribution in [3.05, 3.63) is 48.9 Å². The second-order valence-electron chi connectivity index (χ2n) is 2.50. The van der Waals surface area contributed by atoms with Crippen molar-refractivity contribution in [2.45, 2.75) is 5.75 Å². The Morgan fingerprint density at radius 3 is 2.42 bits per heavy atom.